The molecule has 0 amide bonds. The number of nitro benzene ring substituents is 2. The number of hydrogen-bond donors (Lipinski definition) is 1. The summed E-state index contributed by atoms with van der Waals surface area (Å²) in [4.78, 5) is 32.1. The summed E-state index contributed by atoms with van der Waals surface area (Å²) in [5.41, 5.74) is 2.71. The topological polar surface area (TPSA) is 137 Å². The quantitative estimate of drug-likeness (QED) is 0.324. The number of nitro groups is 2. The molecule has 0 bridgehead atoms. The van der Waals surface area contributed by atoms with E-state index in [1.54, 1.807) is 6.92 Å². The van der Waals surface area contributed by atoms with Crippen LogP contribution in [-0.4, -0.2) is 21.5 Å². The van der Waals surface area contributed by atoms with Crippen LogP contribution < -0.4 is 5.43 Å². The maximum absolute atomic E-state index is 11.8. The van der Waals surface area contributed by atoms with Gasteiger partial charge >= 0.3 is 11.7 Å². The van der Waals surface area contributed by atoms with Gasteiger partial charge in [0.05, 0.1) is 22.3 Å². The summed E-state index contributed by atoms with van der Waals surface area (Å²) in [6.45, 7) is 1.68. The van der Waals surface area contributed by atoms with Crippen LogP contribution in [0.5, 0.6) is 0 Å². The van der Waals surface area contributed by atoms with E-state index in [0.717, 1.165) is 17.7 Å². The van der Waals surface area contributed by atoms with Crippen molar-refractivity contribution >= 4 is 28.7 Å². The normalized spacial score (nSPS) is 10.9. The summed E-state index contributed by atoms with van der Waals surface area (Å²) in [6, 6.07) is 12.3. The number of hydrogen-bond acceptors (Lipinski definition) is 8. The number of carbonyl (C=O) groups excluding carboxylic acids is 1. The lowest BCUT2D eigenvalue weighted by Crippen LogP contribution is -2.10. The summed E-state index contributed by atoms with van der Waals surface area (Å²) in [6.07, 6.45) is -0.111. The Labute approximate surface area is 153 Å². The fraction of sp³-hybridized carbons (Fsp3) is 0.176. The van der Waals surface area contributed by atoms with E-state index in [2.05, 4.69) is 10.5 Å². The summed E-state index contributed by atoms with van der Waals surface area (Å²) in [7, 11) is 0. The predicted molar refractivity (Wildman–Crippen MR) is 97.3 cm³/mol. The Balaban J connectivity index is 1.97. The highest BCUT2D eigenvalue weighted by Gasteiger charge is 2.19. The lowest BCUT2D eigenvalue weighted by Gasteiger charge is -2.06. The van der Waals surface area contributed by atoms with Gasteiger partial charge in [-0.05, 0) is 18.6 Å². The molecule has 2 rings (SSSR count). The molecule has 0 radical (unpaired) electrons. The molecular formula is C17H16N4O6. The number of rotatable bonds is 8. The van der Waals surface area contributed by atoms with Crippen molar-refractivity contribution in [3.63, 3.8) is 0 Å². The van der Waals surface area contributed by atoms with E-state index in [9.17, 15) is 25.0 Å². The highest BCUT2D eigenvalue weighted by molar-refractivity contribution is 5.97. The molecule has 0 unspecified atom stereocenters. The monoisotopic (exact) mass is 372 g/mol. The molecule has 140 valence electrons. The maximum Gasteiger partial charge on any atom is 0.311 e. The van der Waals surface area contributed by atoms with Gasteiger partial charge in [-0.3, -0.25) is 30.4 Å². The molecule has 2 aromatic carbocycles. The number of hydrazone groups is 1. The summed E-state index contributed by atoms with van der Waals surface area (Å²) in [5.74, 6) is -0.500. The molecule has 0 aliphatic carbocycles. The zero-order valence-electron chi connectivity index (χ0n) is 14.3. The molecule has 0 aliphatic rings. The third kappa shape index (κ3) is 5.88. The van der Waals surface area contributed by atoms with Crippen molar-refractivity contribution in [3.05, 3.63) is 74.3 Å². The van der Waals surface area contributed by atoms with Gasteiger partial charge in [0, 0.05) is 11.8 Å². The van der Waals surface area contributed by atoms with Crippen LogP contribution in [0, 0.1) is 20.2 Å². The fourth-order valence-corrected chi connectivity index (χ4v) is 2.07. The Kier molecular flexibility index (Phi) is 6.53. The number of nitrogens with zero attached hydrogens (tertiary/aromatic N) is 3. The SMILES string of the molecule is CC(CC(=O)OCc1ccccc1)=NNc1ccc([N+](=O)[O-])cc1[N+](=O)[O-]. The molecule has 27 heavy (non-hydrogen) atoms. The lowest BCUT2D eigenvalue weighted by atomic mass is 10.2. The van der Waals surface area contributed by atoms with E-state index >= 15 is 0 Å². The van der Waals surface area contributed by atoms with E-state index in [1.807, 2.05) is 30.3 Å². The zero-order chi connectivity index (χ0) is 19.8. The van der Waals surface area contributed by atoms with Crippen LogP contribution in [0.1, 0.15) is 18.9 Å². The van der Waals surface area contributed by atoms with Crippen molar-refractivity contribution in [2.75, 3.05) is 5.43 Å². The Hall–Kier alpha value is -3.82. The van der Waals surface area contributed by atoms with Gasteiger partial charge in [-0.15, -0.1) is 0 Å². The van der Waals surface area contributed by atoms with Crippen LogP contribution in [0.3, 0.4) is 0 Å². The minimum Gasteiger partial charge on any atom is -0.461 e. The second-order valence-electron chi connectivity index (χ2n) is 5.50. The molecule has 0 aromatic heterocycles. The first-order valence-corrected chi connectivity index (χ1v) is 7.78. The lowest BCUT2D eigenvalue weighted by molar-refractivity contribution is -0.393. The van der Waals surface area contributed by atoms with E-state index in [-0.39, 0.29) is 18.7 Å². The van der Waals surface area contributed by atoms with Gasteiger partial charge in [0.2, 0.25) is 0 Å². The molecular weight excluding hydrogens is 356 g/mol. The molecule has 0 saturated carbocycles. The second-order valence-corrected chi connectivity index (χ2v) is 5.50. The number of non-ortho nitro benzene ring substituents is 1. The fourth-order valence-electron chi connectivity index (χ4n) is 2.07. The van der Waals surface area contributed by atoms with Crippen molar-refractivity contribution in [1.29, 1.82) is 0 Å². The first-order valence-electron chi connectivity index (χ1n) is 7.78. The van der Waals surface area contributed by atoms with Crippen LogP contribution in [0.15, 0.2) is 53.6 Å². The molecule has 2 aromatic rings. The van der Waals surface area contributed by atoms with Crippen molar-refractivity contribution in [1.82, 2.24) is 0 Å². The number of anilines is 1. The second kappa shape index (κ2) is 9.04. The van der Waals surface area contributed by atoms with Crippen LogP contribution >= 0.6 is 0 Å². The molecule has 0 spiro atoms. The van der Waals surface area contributed by atoms with Crippen LogP contribution in [0.2, 0.25) is 0 Å². The molecule has 10 nitrogen and oxygen atoms in total. The number of esters is 1. The van der Waals surface area contributed by atoms with E-state index in [4.69, 9.17) is 4.74 Å². The Morgan fingerprint density at radius 2 is 1.81 bits per heavy atom. The largest absolute Gasteiger partial charge is 0.461 e. The molecule has 10 heteroatoms. The van der Waals surface area contributed by atoms with Crippen LogP contribution in [-0.2, 0) is 16.1 Å². The standard InChI is InChI=1S/C17H16N4O6/c1-12(9-17(22)27-11-13-5-3-2-4-6-13)18-19-15-8-7-14(20(23)24)10-16(15)21(25)26/h2-8,10,19H,9,11H2,1H3. The first-order chi connectivity index (χ1) is 12.9. The molecule has 0 saturated heterocycles. The highest BCUT2D eigenvalue weighted by Crippen LogP contribution is 2.28. The predicted octanol–water partition coefficient (Wildman–Crippen LogP) is 3.42. The van der Waals surface area contributed by atoms with Crippen LogP contribution in [0.4, 0.5) is 17.1 Å². The van der Waals surface area contributed by atoms with E-state index in [1.165, 1.54) is 6.07 Å². The van der Waals surface area contributed by atoms with E-state index < -0.39 is 27.2 Å². The van der Waals surface area contributed by atoms with Gasteiger partial charge in [-0.2, -0.15) is 5.10 Å². The van der Waals surface area contributed by atoms with Crippen molar-refractivity contribution in [2.24, 2.45) is 5.10 Å². The molecule has 1 N–H and O–H groups in total. The third-order valence-electron chi connectivity index (χ3n) is 3.40. The molecule has 0 heterocycles. The van der Waals surface area contributed by atoms with Gasteiger partial charge in [-0.25, -0.2) is 0 Å². The van der Waals surface area contributed by atoms with E-state index in [0.29, 0.717) is 5.71 Å². The van der Waals surface area contributed by atoms with Crippen LogP contribution in [0.25, 0.3) is 0 Å². The smallest absolute Gasteiger partial charge is 0.311 e. The number of ether oxygens (including phenoxy) is 1. The Morgan fingerprint density at radius 1 is 1.11 bits per heavy atom. The van der Waals surface area contributed by atoms with Gasteiger partial charge in [0.1, 0.15) is 12.3 Å². The average molecular weight is 372 g/mol. The minimum atomic E-state index is -0.756. The Morgan fingerprint density at radius 3 is 2.44 bits per heavy atom. The van der Waals surface area contributed by atoms with Gasteiger partial charge in [0.15, 0.2) is 0 Å². The molecule has 0 aliphatic heterocycles. The summed E-state index contributed by atoms with van der Waals surface area (Å²) >= 11 is 0. The molecule has 0 fully saturated rings. The third-order valence-corrected chi connectivity index (χ3v) is 3.40. The van der Waals surface area contributed by atoms with Gasteiger partial charge in [0.25, 0.3) is 5.69 Å². The van der Waals surface area contributed by atoms with Crippen molar-refractivity contribution < 1.29 is 19.4 Å². The number of benzene rings is 2. The maximum atomic E-state index is 11.8. The van der Waals surface area contributed by atoms with Gasteiger partial charge < -0.3 is 4.74 Å². The van der Waals surface area contributed by atoms with Crippen molar-refractivity contribution in [2.45, 2.75) is 20.0 Å². The zero-order valence-corrected chi connectivity index (χ0v) is 14.3. The molecule has 0 atom stereocenters. The van der Waals surface area contributed by atoms with Gasteiger partial charge in [-0.1, -0.05) is 30.3 Å². The first kappa shape index (κ1) is 19.5. The van der Waals surface area contributed by atoms with Crippen molar-refractivity contribution in [3.8, 4) is 0 Å². The summed E-state index contributed by atoms with van der Waals surface area (Å²) in [5, 5.41) is 25.7. The number of nitrogens with one attached hydrogen (secondary N) is 1. The minimum absolute atomic E-state index is 0.0254. The number of carbonyl (C=O) groups is 1. The Bertz CT molecular complexity index is 882. The summed E-state index contributed by atoms with van der Waals surface area (Å²) < 4.78 is 5.12. The highest BCUT2D eigenvalue weighted by atomic mass is 16.6. The average Bonchev–Trinajstić information content (AvgIpc) is 2.65.